The number of ether oxygens (including phenoxy) is 2. The number of anilines is 2. The maximum atomic E-state index is 12.2. The molecule has 0 bridgehead atoms. The topological polar surface area (TPSA) is 119 Å². The van der Waals surface area contributed by atoms with Gasteiger partial charge in [-0.25, -0.2) is 9.97 Å². The third kappa shape index (κ3) is 4.92. The van der Waals surface area contributed by atoms with Gasteiger partial charge in [-0.05, 0) is 37.0 Å². The third-order valence-corrected chi connectivity index (χ3v) is 5.71. The molecule has 1 amide bonds. The van der Waals surface area contributed by atoms with Crippen LogP contribution in [-0.4, -0.2) is 78.2 Å². The standard InChI is InChI=1S/C20H23N7O4S/c1-26-8-10-27(11-9-26)19-24-17(29-2)15(18(25-19)30-3)32-20-21-7-6-14(23-20)22-16(28)13-5-4-12-31-13/h4-7,12H,8-11H2,1-3H3,(H,21,22,23,28). The number of piperazine rings is 1. The first-order valence-electron chi connectivity index (χ1n) is 9.86. The number of hydrogen-bond donors (Lipinski definition) is 1. The molecule has 0 unspecified atom stereocenters. The summed E-state index contributed by atoms with van der Waals surface area (Å²) in [7, 11) is 5.17. The molecule has 1 N–H and O–H groups in total. The first-order chi connectivity index (χ1) is 15.6. The van der Waals surface area contributed by atoms with Crippen molar-refractivity contribution >= 4 is 29.4 Å². The van der Waals surface area contributed by atoms with Gasteiger partial charge in [0.15, 0.2) is 10.9 Å². The van der Waals surface area contributed by atoms with Crippen molar-refractivity contribution in [2.24, 2.45) is 0 Å². The van der Waals surface area contributed by atoms with Crippen molar-refractivity contribution in [3.05, 3.63) is 36.4 Å². The van der Waals surface area contributed by atoms with E-state index in [0.29, 0.717) is 33.6 Å². The van der Waals surface area contributed by atoms with Crippen LogP contribution in [0.1, 0.15) is 10.6 Å². The number of nitrogens with one attached hydrogen (secondary N) is 1. The SMILES string of the molecule is COc1nc(N2CCN(C)CC2)nc(OC)c1Sc1nccc(NC(=O)c2ccco2)n1. The third-order valence-electron chi connectivity index (χ3n) is 4.78. The van der Waals surface area contributed by atoms with E-state index in [4.69, 9.17) is 13.9 Å². The highest BCUT2D eigenvalue weighted by Crippen LogP contribution is 2.39. The average Bonchev–Trinajstić information content (AvgIpc) is 3.35. The molecule has 1 fully saturated rings. The Labute approximate surface area is 189 Å². The Morgan fingerprint density at radius 1 is 1.09 bits per heavy atom. The van der Waals surface area contributed by atoms with Crippen LogP contribution in [0.5, 0.6) is 11.8 Å². The summed E-state index contributed by atoms with van der Waals surface area (Å²) >= 11 is 1.19. The fraction of sp³-hybridized carbons (Fsp3) is 0.350. The molecular weight excluding hydrogens is 434 g/mol. The summed E-state index contributed by atoms with van der Waals surface area (Å²) < 4.78 is 16.2. The molecule has 4 heterocycles. The van der Waals surface area contributed by atoms with Crippen LogP contribution in [0.4, 0.5) is 11.8 Å². The highest BCUT2D eigenvalue weighted by atomic mass is 32.2. The number of furan rings is 1. The summed E-state index contributed by atoms with van der Waals surface area (Å²) in [5.41, 5.74) is 0. The van der Waals surface area contributed by atoms with Crippen LogP contribution in [0.25, 0.3) is 0 Å². The molecule has 3 aromatic rings. The molecule has 12 heteroatoms. The number of carbonyl (C=O) groups excluding carboxylic acids is 1. The van der Waals surface area contributed by atoms with E-state index in [0.717, 1.165) is 26.2 Å². The molecule has 3 aromatic heterocycles. The molecule has 32 heavy (non-hydrogen) atoms. The number of nitrogens with zero attached hydrogens (tertiary/aromatic N) is 6. The van der Waals surface area contributed by atoms with E-state index in [1.54, 1.807) is 38.6 Å². The number of likely N-dealkylation sites (N-methyl/N-ethyl adjacent to an activating group) is 1. The summed E-state index contributed by atoms with van der Waals surface area (Å²) in [5, 5.41) is 3.05. The number of rotatable bonds is 7. The summed E-state index contributed by atoms with van der Waals surface area (Å²) in [4.78, 5) is 34.9. The molecule has 0 radical (unpaired) electrons. The number of hydrogen-bond acceptors (Lipinski definition) is 11. The number of carbonyl (C=O) groups is 1. The van der Waals surface area contributed by atoms with Gasteiger partial charge in [0.25, 0.3) is 5.91 Å². The zero-order valence-electron chi connectivity index (χ0n) is 17.9. The fourth-order valence-electron chi connectivity index (χ4n) is 3.05. The lowest BCUT2D eigenvalue weighted by Crippen LogP contribution is -2.45. The van der Waals surface area contributed by atoms with Gasteiger partial charge in [0.1, 0.15) is 10.7 Å². The highest BCUT2D eigenvalue weighted by Gasteiger charge is 2.23. The van der Waals surface area contributed by atoms with E-state index < -0.39 is 5.91 Å². The normalized spacial score (nSPS) is 14.3. The van der Waals surface area contributed by atoms with Crippen LogP contribution >= 0.6 is 11.8 Å². The first kappa shape index (κ1) is 21.8. The van der Waals surface area contributed by atoms with E-state index in [1.807, 2.05) is 0 Å². The fourth-order valence-corrected chi connectivity index (χ4v) is 3.92. The van der Waals surface area contributed by atoms with Crippen molar-refractivity contribution in [2.45, 2.75) is 10.1 Å². The molecule has 1 saturated heterocycles. The number of methoxy groups -OCH3 is 2. The van der Waals surface area contributed by atoms with Gasteiger partial charge in [-0.15, -0.1) is 0 Å². The van der Waals surface area contributed by atoms with Crippen LogP contribution in [0.2, 0.25) is 0 Å². The lowest BCUT2D eigenvalue weighted by molar-refractivity contribution is 0.0996. The Morgan fingerprint density at radius 3 is 2.44 bits per heavy atom. The molecule has 0 spiro atoms. The van der Waals surface area contributed by atoms with Gasteiger partial charge in [-0.3, -0.25) is 4.79 Å². The molecule has 168 valence electrons. The van der Waals surface area contributed by atoms with Gasteiger partial charge in [0.05, 0.1) is 20.5 Å². The van der Waals surface area contributed by atoms with E-state index in [1.165, 1.54) is 18.0 Å². The molecular formula is C20H23N7O4S. The Morgan fingerprint density at radius 2 is 1.81 bits per heavy atom. The monoisotopic (exact) mass is 457 g/mol. The van der Waals surface area contributed by atoms with Crippen molar-refractivity contribution in [1.29, 1.82) is 0 Å². The minimum absolute atomic E-state index is 0.189. The second kappa shape index (κ2) is 9.83. The zero-order chi connectivity index (χ0) is 22.5. The van der Waals surface area contributed by atoms with Gasteiger partial charge in [-0.2, -0.15) is 9.97 Å². The predicted molar refractivity (Wildman–Crippen MR) is 118 cm³/mol. The molecule has 0 aliphatic carbocycles. The Kier molecular flexibility index (Phi) is 6.71. The molecule has 11 nitrogen and oxygen atoms in total. The van der Waals surface area contributed by atoms with Gasteiger partial charge in [0, 0.05) is 32.4 Å². The second-order valence-electron chi connectivity index (χ2n) is 6.92. The Balaban J connectivity index is 1.56. The smallest absolute Gasteiger partial charge is 0.292 e. The minimum atomic E-state index is -0.403. The van der Waals surface area contributed by atoms with Crippen molar-refractivity contribution in [1.82, 2.24) is 24.8 Å². The molecule has 1 aliphatic rings. The van der Waals surface area contributed by atoms with Crippen LogP contribution in [0, 0.1) is 0 Å². The van der Waals surface area contributed by atoms with Gasteiger partial charge >= 0.3 is 0 Å². The van der Waals surface area contributed by atoms with Crippen molar-refractivity contribution < 1.29 is 18.7 Å². The highest BCUT2D eigenvalue weighted by molar-refractivity contribution is 7.99. The number of amides is 1. The van der Waals surface area contributed by atoms with Crippen LogP contribution in [-0.2, 0) is 0 Å². The summed E-state index contributed by atoms with van der Waals surface area (Å²) in [5.74, 6) is 1.40. The van der Waals surface area contributed by atoms with Crippen LogP contribution in [0.15, 0.2) is 45.1 Å². The largest absolute Gasteiger partial charge is 0.480 e. The van der Waals surface area contributed by atoms with Crippen molar-refractivity contribution in [3.8, 4) is 11.8 Å². The van der Waals surface area contributed by atoms with Crippen molar-refractivity contribution in [3.63, 3.8) is 0 Å². The lowest BCUT2D eigenvalue weighted by Gasteiger charge is -2.32. The van der Waals surface area contributed by atoms with Crippen LogP contribution in [0.3, 0.4) is 0 Å². The summed E-state index contributed by atoms with van der Waals surface area (Å²) in [6.07, 6.45) is 2.98. The second-order valence-corrected chi connectivity index (χ2v) is 7.90. The average molecular weight is 458 g/mol. The van der Waals surface area contributed by atoms with Gasteiger partial charge < -0.3 is 29.0 Å². The Bertz CT molecular complexity index is 1050. The maximum Gasteiger partial charge on any atom is 0.292 e. The Hall–Kier alpha value is -3.38. The number of aromatic nitrogens is 4. The molecule has 4 rings (SSSR count). The maximum absolute atomic E-state index is 12.2. The van der Waals surface area contributed by atoms with Crippen molar-refractivity contribution in [2.75, 3.05) is 57.7 Å². The lowest BCUT2D eigenvalue weighted by atomic mass is 10.3. The summed E-state index contributed by atoms with van der Waals surface area (Å²) in [6, 6.07) is 4.80. The van der Waals surface area contributed by atoms with Gasteiger partial charge in [0.2, 0.25) is 17.7 Å². The first-order valence-corrected chi connectivity index (χ1v) is 10.7. The predicted octanol–water partition coefficient (Wildman–Crippen LogP) is 2.03. The zero-order valence-corrected chi connectivity index (χ0v) is 18.8. The minimum Gasteiger partial charge on any atom is -0.480 e. The molecule has 0 aromatic carbocycles. The van der Waals surface area contributed by atoms with Gasteiger partial charge in [-0.1, -0.05) is 0 Å². The van der Waals surface area contributed by atoms with E-state index in [-0.39, 0.29) is 5.76 Å². The van der Waals surface area contributed by atoms with E-state index in [2.05, 4.69) is 42.1 Å². The van der Waals surface area contributed by atoms with E-state index >= 15 is 0 Å². The quantitative estimate of drug-likeness (QED) is 0.525. The van der Waals surface area contributed by atoms with Crippen LogP contribution < -0.4 is 19.7 Å². The molecule has 0 atom stereocenters. The molecule has 0 saturated carbocycles. The van der Waals surface area contributed by atoms with E-state index in [9.17, 15) is 4.79 Å². The molecule has 1 aliphatic heterocycles. The summed E-state index contributed by atoms with van der Waals surface area (Å²) in [6.45, 7) is 3.48.